The molecule has 0 atom stereocenters. The van der Waals surface area contributed by atoms with Crippen LogP contribution in [0.4, 0.5) is 11.6 Å². The molecule has 0 radical (unpaired) electrons. The van der Waals surface area contributed by atoms with Gasteiger partial charge in [0, 0.05) is 25.0 Å². The second-order valence-corrected chi connectivity index (χ2v) is 5.67. The van der Waals surface area contributed by atoms with E-state index in [4.69, 9.17) is 11.5 Å². The molecule has 4 heterocycles. The minimum absolute atomic E-state index is 0. The first-order chi connectivity index (χ1) is 12.5. The number of imidazole rings is 2. The van der Waals surface area contributed by atoms with E-state index in [0.717, 1.165) is 0 Å². The van der Waals surface area contributed by atoms with Crippen molar-refractivity contribution in [2.24, 2.45) is 5.92 Å². The molecule has 0 aromatic carbocycles. The quantitative estimate of drug-likeness (QED) is 0.321. The van der Waals surface area contributed by atoms with E-state index in [1.165, 1.54) is 25.3 Å². The molecule has 0 amide bonds. The third-order valence-corrected chi connectivity index (χ3v) is 4.03. The molecule has 27 heavy (non-hydrogen) atoms. The van der Waals surface area contributed by atoms with Crippen molar-refractivity contribution in [1.82, 2.24) is 39.0 Å². The number of nitrogen functional groups attached to an aromatic ring is 2. The number of hydrogen-bond acceptors (Lipinski definition) is 10. The number of hydrogen-bond donors (Lipinski definition) is 2. The maximum Gasteiger partial charge on any atom is 1.00 e. The Hall–Kier alpha value is -2.83. The SMILES string of the molecule is Nc1ncnc2c1ncn2CC(Cn1cnc2c(N)ncnc21)C(=O)[O-].[Na+]. The number of nitrogens with two attached hydrogens (primary N) is 2. The van der Waals surface area contributed by atoms with Crippen molar-refractivity contribution in [2.75, 3.05) is 11.5 Å². The Kier molecular flexibility index (Phi) is 5.21. The van der Waals surface area contributed by atoms with Crippen LogP contribution in [0.3, 0.4) is 0 Å². The van der Waals surface area contributed by atoms with Crippen molar-refractivity contribution in [3.05, 3.63) is 25.3 Å². The van der Waals surface area contributed by atoms with Gasteiger partial charge in [0.1, 0.15) is 23.7 Å². The fraction of sp³-hybridized carbons (Fsp3) is 0.214. The Labute approximate surface area is 174 Å². The largest absolute Gasteiger partial charge is 1.00 e. The summed E-state index contributed by atoms with van der Waals surface area (Å²) in [6, 6.07) is 0. The van der Waals surface area contributed by atoms with Gasteiger partial charge in [0.25, 0.3) is 0 Å². The zero-order valence-corrected chi connectivity index (χ0v) is 16.3. The van der Waals surface area contributed by atoms with E-state index in [1.807, 2.05) is 0 Å². The summed E-state index contributed by atoms with van der Waals surface area (Å²) in [6.45, 7) is 0.158. The van der Waals surface area contributed by atoms with Crippen LogP contribution in [0.2, 0.25) is 0 Å². The molecule has 0 aliphatic rings. The van der Waals surface area contributed by atoms with Gasteiger partial charge in [0.2, 0.25) is 0 Å². The zero-order chi connectivity index (χ0) is 18.3. The van der Waals surface area contributed by atoms with Gasteiger partial charge in [-0.25, -0.2) is 29.9 Å². The maximum absolute atomic E-state index is 11.7. The van der Waals surface area contributed by atoms with Crippen molar-refractivity contribution in [2.45, 2.75) is 13.1 Å². The van der Waals surface area contributed by atoms with Gasteiger partial charge in [-0.3, -0.25) is 0 Å². The third-order valence-electron chi connectivity index (χ3n) is 4.03. The topological polar surface area (TPSA) is 179 Å². The second kappa shape index (κ2) is 7.42. The fourth-order valence-corrected chi connectivity index (χ4v) is 2.75. The predicted octanol–water partition coefficient (Wildman–Crippen LogP) is -4.80. The number of carbonyl (C=O) groups is 1. The van der Waals surface area contributed by atoms with E-state index < -0.39 is 11.9 Å². The smallest absolute Gasteiger partial charge is 0.550 e. The van der Waals surface area contributed by atoms with E-state index in [0.29, 0.717) is 22.3 Å². The second-order valence-electron chi connectivity index (χ2n) is 5.67. The van der Waals surface area contributed by atoms with E-state index in [1.54, 1.807) is 9.13 Å². The number of carboxylic acid groups (broad SMARTS) is 1. The summed E-state index contributed by atoms with van der Waals surface area (Å²) < 4.78 is 3.19. The summed E-state index contributed by atoms with van der Waals surface area (Å²) in [5.74, 6) is -1.66. The normalized spacial score (nSPS) is 11.1. The predicted molar refractivity (Wildman–Crippen MR) is 88.0 cm³/mol. The van der Waals surface area contributed by atoms with Crippen molar-refractivity contribution >= 4 is 39.9 Å². The number of aromatic nitrogens is 8. The van der Waals surface area contributed by atoms with E-state index in [9.17, 15) is 9.90 Å². The van der Waals surface area contributed by atoms with Crippen LogP contribution in [0.1, 0.15) is 0 Å². The van der Waals surface area contributed by atoms with Crippen molar-refractivity contribution in [1.29, 1.82) is 0 Å². The van der Waals surface area contributed by atoms with Gasteiger partial charge in [0.15, 0.2) is 22.9 Å². The number of carboxylic acids is 1. The molecule has 0 bridgehead atoms. The minimum Gasteiger partial charge on any atom is -0.550 e. The number of rotatable bonds is 5. The molecule has 4 aromatic rings. The molecule has 0 aliphatic heterocycles. The Morgan fingerprint density at radius 3 is 1.74 bits per heavy atom. The number of fused-ring (bicyclic) bond motifs is 2. The van der Waals surface area contributed by atoms with Gasteiger partial charge < -0.3 is 30.5 Å². The third kappa shape index (κ3) is 3.41. The van der Waals surface area contributed by atoms with Crippen LogP contribution in [0, 0.1) is 5.92 Å². The summed E-state index contributed by atoms with van der Waals surface area (Å²) in [4.78, 5) is 35.9. The van der Waals surface area contributed by atoms with Gasteiger partial charge in [0.05, 0.1) is 12.7 Å². The Morgan fingerprint density at radius 1 is 0.889 bits per heavy atom. The number of nitrogens with zero attached hydrogens (tertiary/aromatic N) is 8. The molecule has 4 aromatic heterocycles. The Bertz CT molecular complexity index is 1040. The first-order valence-corrected chi connectivity index (χ1v) is 7.58. The van der Waals surface area contributed by atoms with E-state index in [2.05, 4.69) is 29.9 Å². The molecule has 13 heteroatoms. The molecule has 0 saturated heterocycles. The van der Waals surface area contributed by atoms with Crippen LogP contribution < -0.4 is 46.1 Å². The van der Waals surface area contributed by atoms with Gasteiger partial charge in [-0.1, -0.05) is 0 Å². The molecular weight excluding hydrogens is 363 g/mol. The van der Waals surface area contributed by atoms with Crippen molar-refractivity contribution in [3.8, 4) is 0 Å². The van der Waals surface area contributed by atoms with Crippen LogP contribution >= 0.6 is 0 Å². The number of aliphatic carboxylic acids is 1. The molecule has 4 N–H and O–H groups in total. The molecule has 0 fully saturated rings. The van der Waals surface area contributed by atoms with Crippen LogP contribution in [-0.4, -0.2) is 45.0 Å². The molecule has 0 saturated carbocycles. The summed E-state index contributed by atoms with van der Waals surface area (Å²) in [7, 11) is 0. The van der Waals surface area contributed by atoms with Gasteiger partial charge in [-0.15, -0.1) is 0 Å². The summed E-state index contributed by atoms with van der Waals surface area (Å²) in [6.07, 6.45) is 5.54. The Balaban J connectivity index is 0.00000210. The van der Waals surface area contributed by atoms with E-state index in [-0.39, 0.29) is 54.3 Å². The average molecular weight is 376 g/mol. The van der Waals surface area contributed by atoms with Crippen LogP contribution in [0.5, 0.6) is 0 Å². The molecule has 0 unspecified atom stereocenters. The maximum atomic E-state index is 11.7. The Morgan fingerprint density at radius 2 is 1.33 bits per heavy atom. The fourth-order valence-electron chi connectivity index (χ4n) is 2.75. The first-order valence-electron chi connectivity index (χ1n) is 7.58. The monoisotopic (exact) mass is 376 g/mol. The van der Waals surface area contributed by atoms with Crippen molar-refractivity contribution < 1.29 is 39.5 Å². The molecule has 132 valence electrons. The average Bonchev–Trinajstić information content (AvgIpc) is 3.21. The zero-order valence-electron chi connectivity index (χ0n) is 14.3. The molecule has 12 nitrogen and oxygen atoms in total. The van der Waals surface area contributed by atoms with Crippen molar-refractivity contribution in [3.63, 3.8) is 0 Å². The first kappa shape index (κ1) is 18.9. The van der Waals surface area contributed by atoms with Crippen LogP contribution in [0.25, 0.3) is 22.3 Å². The number of anilines is 2. The molecule has 0 aliphatic carbocycles. The van der Waals surface area contributed by atoms with Crippen LogP contribution in [0.15, 0.2) is 25.3 Å². The van der Waals surface area contributed by atoms with Gasteiger partial charge in [-0.2, -0.15) is 0 Å². The molecule has 4 rings (SSSR count). The van der Waals surface area contributed by atoms with Gasteiger partial charge in [-0.05, 0) is 0 Å². The van der Waals surface area contributed by atoms with Crippen LogP contribution in [-0.2, 0) is 17.9 Å². The summed E-state index contributed by atoms with van der Waals surface area (Å²) in [5.41, 5.74) is 13.2. The summed E-state index contributed by atoms with van der Waals surface area (Å²) in [5, 5.41) is 11.7. The molecule has 0 spiro atoms. The minimum atomic E-state index is -1.22. The molecular formula is C14H13N10NaO2. The van der Waals surface area contributed by atoms with Gasteiger partial charge >= 0.3 is 29.6 Å². The number of carbonyl (C=O) groups excluding carboxylic acids is 1. The summed E-state index contributed by atoms with van der Waals surface area (Å²) >= 11 is 0. The van der Waals surface area contributed by atoms with E-state index >= 15 is 0 Å². The standard InChI is InChI=1S/C14H14N10O2.Na/c15-10-8-12(19-3-17-10)23(5-21-8)1-7(14(25)26)2-24-6-22-9-11(16)18-4-20-13(9)24;/h3-7H,1-2H2,(H,25,26)(H2,15,17,19)(H2,16,18,20);/q;+1/p-1.